The predicted molar refractivity (Wildman–Crippen MR) is 51.1 cm³/mol. The molecule has 6 nitrogen and oxygen atoms in total. The van der Waals surface area contributed by atoms with Crippen LogP contribution in [0.5, 0.6) is 0 Å². The van der Waals surface area contributed by atoms with Gasteiger partial charge in [0.05, 0.1) is 5.69 Å². The molecule has 1 aliphatic rings. The number of nitrogens with zero attached hydrogens (tertiary/aromatic N) is 3. The number of hydrogen-bond acceptors (Lipinski definition) is 5. The molecule has 1 aromatic heterocycles. The van der Waals surface area contributed by atoms with Gasteiger partial charge >= 0.3 is 11.9 Å². The molecule has 1 aliphatic heterocycles. The quantitative estimate of drug-likeness (QED) is 0.535. The lowest BCUT2D eigenvalue weighted by Crippen LogP contribution is -2.08. The van der Waals surface area contributed by atoms with Crippen LogP contribution in [0.2, 0.25) is 0 Å². The second-order valence-electron chi connectivity index (χ2n) is 3.35. The largest absolute Gasteiger partial charge is 0.383 e. The number of cyclic esters (lactones) is 2. The highest BCUT2D eigenvalue weighted by Crippen LogP contribution is 2.20. The molecule has 0 fully saturated rings. The number of carbonyl (C=O) groups is 2. The molecule has 84 valence electrons. The highest BCUT2D eigenvalue weighted by atomic mass is 19.1. The Labute approximate surface area is 93.6 Å². The summed E-state index contributed by atoms with van der Waals surface area (Å²) in [5, 5.41) is 7.21. The zero-order valence-electron chi connectivity index (χ0n) is 8.25. The third kappa shape index (κ3) is 1.32. The van der Waals surface area contributed by atoms with Gasteiger partial charge in [-0.25, -0.2) is 18.7 Å². The lowest BCUT2D eigenvalue weighted by atomic mass is 10.3. The summed E-state index contributed by atoms with van der Waals surface area (Å²) in [6.07, 6.45) is 0. The summed E-state index contributed by atoms with van der Waals surface area (Å²) in [5.74, 6) is -2.04. The fourth-order valence-corrected chi connectivity index (χ4v) is 1.55. The van der Waals surface area contributed by atoms with E-state index in [0.717, 1.165) is 4.68 Å². The van der Waals surface area contributed by atoms with Crippen molar-refractivity contribution >= 4 is 11.9 Å². The Morgan fingerprint density at radius 2 is 1.82 bits per heavy atom. The van der Waals surface area contributed by atoms with Crippen molar-refractivity contribution in [2.24, 2.45) is 0 Å². The lowest BCUT2D eigenvalue weighted by molar-refractivity contribution is 0.0434. The molecule has 0 radical (unpaired) electrons. The van der Waals surface area contributed by atoms with Crippen molar-refractivity contribution in [3.63, 3.8) is 0 Å². The Bertz CT molecular complexity index is 633. The first-order chi connectivity index (χ1) is 8.16. The van der Waals surface area contributed by atoms with Crippen LogP contribution >= 0.6 is 0 Å². The fraction of sp³-hybridized carbons (Fsp3) is 0. The van der Waals surface area contributed by atoms with Gasteiger partial charge in [0.2, 0.25) is 5.69 Å². The Morgan fingerprint density at radius 1 is 1.12 bits per heavy atom. The molecular formula is C10H4FN3O3. The third-order valence-corrected chi connectivity index (χ3v) is 2.31. The van der Waals surface area contributed by atoms with Crippen molar-refractivity contribution in [2.45, 2.75) is 0 Å². The van der Waals surface area contributed by atoms with Crippen LogP contribution in [-0.2, 0) is 4.74 Å². The van der Waals surface area contributed by atoms with Crippen molar-refractivity contribution in [3.05, 3.63) is 41.5 Å². The Morgan fingerprint density at radius 3 is 2.53 bits per heavy atom. The van der Waals surface area contributed by atoms with E-state index in [2.05, 4.69) is 15.0 Å². The highest BCUT2D eigenvalue weighted by molar-refractivity contribution is 6.12. The minimum atomic E-state index is -0.821. The molecule has 0 bridgehead atoms. The van der Waals surface area contributed by atoms with Crippen LogP contribution in [0.3, 0.4) is 0 Å². The van der Waals surface area contributed by atoms with Crippen LogP contribution in [0.1, 0.15) is 21.0 Å². The number of fused-ring (bicyclic) bond motifs is 1. The normalized spacial score (nSPS) is 13.7. The van der Waals surface area contributed by atoms with E-state index >= 15 is 0 Å². The topological polar surface area (TPSA) is 74.1 Å². The summed E-state index contributed by atoms with van der Waals surface area (Å²) in [6.45, 7) is 0. The summed E-state index contributed by atoms with van der Waals surface area (Å²) in [6, 6.07) is 5.26. The summed E-state index contributed by atoms with van der Waals surface area (Å²) >= 11 is 0. The average molecular weight is 233 g/mol. The molecule has 0 amide bonds. The number of ether oxygens (including phenoxy) is 1. The van der Waals surface area contributed by atoms with E-state index in [9.17, 15) is 14.0 Å². The van der Waals surface area contributed by atoms with E-state index in [4.69, 9.17) is 0 Å². The van der Waals surface area contributed by atoms with Gasteiger partial charge in [-0.3, -0.25) is 0 Å². The maximum absolute atomic E-state index is 12.8. The molecule has 0 saturated heterocycles. The number of hydrogen-bond donors (Lipinski definition) is 0. The molecule has 17 heavy (non-hydrogen) atoms. The molecule has 2 aromatic rings. The van der Waals surface area contributed by atoms with Gasteiger partial charge < -0.3 is 4.74 Å². The molecule has 0 spiro atoms. The second kappa shape index (κ2) is 3.21. The molecule has 0 atom stereocenters. The number of rotatable bonds is 1. The maximum atomic E-state index is 12.8. The SMILES string of the molecule is O=C1OC(=O)c2c1nnn2-c1ccc(F)cc1. The van der Waals surface area contributed by atoms with Gasteiger partial charge in [0.15, 0.2) is 5.69 Å². The van der Waals surface area contributed by atoms with Crippen LogP contribution in [-0.4, -0.2) is 26.9 Å². The molecule has 2 heterocycles. The number of aromatic nitrogens is 3. The van der Waals surface area contributed by atoms with E-state index in [1.165, 1.54) is 24.3 Å². The molecule has 3 rings (SSSR count). The van der Waals surface area contributed by atoms with Crippen LogP contribution in [0.25, 0.3) is 5.69 Å². The molecule has 7 heteroatoms. The average Bonchev–Trinajstić information content (AvgIpc) is 2.84. The maximum Gasteiger partial charge on any atom is 0.369 e. The molecule has 0 N–H and O–H groups in total. The van der Waals surface area contributed by atoms with Crippen molar-refractivity contribution < 1.29 is 18.7 Å². The van der Waals surface area contributed by atoms with E-state index in [0.29, 0.717) is 5.69 Å². The summed E-state index contributed by atoms with van der Waals surface area (Å²) in [5.41, 5.74) is 0.257. The van der Waals surface area contributed by atoms with Crippen LogP contribution in [0.4, 0.5) is 4.39 Å². The number of carbonyl (C=O) groups excluding carboxylic acids is 2. The van der Waals surface area contributed by atoms with Gasteiger partial charge in [-0.1, -0.05) is 5.21 Å². The minimum Gasteiger partial charge on any atom is -0.383 e. The minimum absolute atomic E-state index is 0.0402. The van der Waals surface area contributed by atoms with Crippen LogP contribution in [0.15, 0.2) is 24.3 Å². The van der Waals surface area contributed by atoms with Gasteiger partial charge in [-0.15, -0.1) is 5.10 Å². The smallest absolute Gasteiger partial charge is 0.369 e. The van der Waals surface area contributed by atoms with Gasteiger partial charge in [0.1, 0.15) is 5.82 Å². The van der Waals surface area contributed by atoms with Gasteiger partial charge in [0, 0.05) is 0 Å². The Kier molecular flexibility index (Phi) is 1.82. The van der Waals surface area contributed by atoms with Crippen LogP contribution < -0.4 is 0 Å². The molecule has 0 aliphatic carbocycles. The van der Waals surface area contributed by atoms with Crippen LogP contribution in [0, 0.1) is 5.82 Å². The Balaban J connectivity index is 2.18. The first-order valence-electron chi connectivity index (χ1n) is 4.65. The standard InChI is InChI=1S/C10H4FN3O3/c11-5-1-3-6(4-2-5)14-8-7(12-13-14)9(15)17-10(8)16/h1-4H. The summed E-state index contributed by atoms with van der Waals surface area (Å²) in [4.78, 5) is 22.5. The molecular weight excluding hydrogens is 229 g/mol. The Hall–Kier alpha value is -2.57. The highest BCUT2D eigenvalue weighted by Gasteiger charge is 2.37. The first kappa shape index (κ1) is 9.64. The van der Waals surface area contributed by atoms with Gasteiger partial charge in [0.25, 0.3) is 0 Å². The second-order valence-corrected chi connectivity index (χ2v) is 3.35. The molecule has 0 unspecified atom stereocenters. The van der Waals surface area contributed by atoms with E-state index in [-0.39, 0.29) is 11.4 Å². The van der Waals surface area contributed by atoms with Crippen molar-refractivity contribution in [2.75, 3.05) is 0 Å². The van der Waals surface area contributed by atoms with E-state index in [1.807, 2.05) is 0 Å². The van der Waals surface area contributed by atoms with Crippen molar-refractivity contribution in [1.82, 2.24) is 15.0 Å². The van der Waals surface area contributed by atoms with Gasteiger partial charge in [-0.05, 0) is 24.3 Å². The molecule has 0 saturated carbocycles. The summed E-state index contributed by atoms with van der Waals surface area (Å²) < 4.78 is 18.3. The van der Waals surface area contributed by atoms with Gasteiger partial charge in [-0.2, -0.15) is 0 Å². The van der Waals surface area contributed by atoms with Crippen molar-refractivity contribution in [3.8, 4) is 5.69 Å². The fourth-order valence-electron chi connectivity index (χ4n) is 1.55. The first-order valence-corrected chi connectivity index (χ1v) is 4.65. The van der Waals surface area contributed by atoms with Crippen molar-refractivity contribution in [1.29, 1.82) is 0 Å². The third-order valence-electron chi connectivity index (χ3n) is 2.31. The predicted octanol–water partition coefficient (Wildman–Crippen LogP) is 0.717. The summed E-state index contributed by atoms with van der Waals surface area (Å²) in [7, 11) is 0. The number of benzene rings is 1. The monoisotopic (exact) mass is 233 g/mol. The number of halogens is 1. The lowest BCUT2D eigenvalue weighted by Gasteiger charge is -2.01. The molecule has 1 aromatic carbocycles. The van der Waals surface area contributed by atoms with E-state index < -0.39 is 17.8 Å². The zero-order valence-corrected chi connectivity index (χ0v) is 8.25. The van der Waals surface area contributed by atoms with E-state index in [1.54, 1.807) is 0 Å². The number of esters is 2. The zero-order chi connectivity index (χ0) is 12.0.